The number of carboxylic acids is 1. The number of aliphatic carboxylic acids is 1. The molecule has 0 aliphatic carbocycles. The van der Waals surface area contributed by atoms with Crippen molar-refractivity contribution in [1.29, 1.82) is 0 Å². The molecule has 1 N–H and O–H groups in total. The van der Waals surface area contributed by atoms with Gasteiger partial charge in [-0.05, 0) is 18.9 Å². The van der Waals surface area contributed by atoms with Crippen molar-refractivity contribution in [3.05, 3.63) is 38.7 Å². The topological polar surface area (TPSA) is 114 Å². The van der Waals surface area contributed by atoms with Crippen LogP contribution in [0.15, 0.2) is 21.9 Å². The number of likely N-dealkylation sites (tertiary alicyclic amines) is 1. The maximum atomic E-state index is 12.6. The highest BCUT2D eigenvalue weighted by Gasteiger charge is 2.28. The summed E-state index contributed by atoms with van der Waals surface area (Å²) in [5.74, 6) is -1.57. The molecular weight excluding hydrogens is 328 g/mol. The van der Waals surface area contributed by atoms with E-state index in [0.29, 0.717) is 25.9 Å². The first-order chi connectivity index (χ1) is 11.8. The SMILES string of the molecule is Cn1c(=O)c2cc(C(=O)N3CCC(C(=O)O)CC3)cnc2n(C)c1=O. The summed E-state index contributed by atoms with van der Waals surface area (Å²) >= 11 is 0. The number of nitrogens with zero attached hydrogens (tertiary/aromatic N) is 4. The van der Waals surface area contributed by atoms with Crippen molar-refractivity contribution in [1.82, 2.24) is 19.0 Å². The monoisotopic (exact) mass is 346 g/mol. The minimum absolute atomic E-state index is 0.191. The van der Waals surface area contributed by atoms with Gasteiger partial charge in [-0.3, -0.25) is 23.5 Å². The molecule has 1 aliphatic rings. The molecule has 0 aromatic carbocycles. The minimum atomic E-state index is -0.844. The Bertz CT molecular complexity index is 982. The van der Waals surface area contributed by atoms with E-state index in [9.17, 15) is 19.2 Å². The van der Waals surface area contributed by atoms with Gasteiger partial charge in [-0.1, -0.05) is 0 Å². The summed E-state index contributed by atoms with van der Waals surface area (Å²) in [6.45, 7) is 0.693. The normalized spacial score (nSPS) is 15.5. The highest BCUT2D eigenvalue weighted by atomic mass is 16.4. The molecule has 3 heterocycles. The number of hydrogen-bond acceptors (Lipinski definition) is 5. The quantitative estimate of drug-likeness (QED) is 0.789. The van der Waals surface area contributed by atoms with E-state index < -0.39 is 23.1 Å². The molecule has 2 aromatic heterocycles. The molecule has 0 saturated carbocycles. The maximum absolute atomic E-state index is 12.6. The molecule has 0 radical (unpaired) electrons. The summed E-state index contributed by atoms with van der Waals surface area (Å²) in [7, 11) is 2.88. The third kappa shape index (κ3) is 2.81. The van der Waals surface area contributed by atoms with E-state index >= 15 is 0 Å². The lowest BCUT2D eigenvalue weighted by molar-refractivity contribution is -0.143. The first-order valence-electron chi connectivity index (χ1n) is 7.89. The Kier molecular flexibility index (Phi) is 4.15. The molecule has 25 heavy (non-hydrogen) atoms. The van der Waals surface area contributed by atoms with Crippen LogP contribution in [0.4, 0.5) is 0 Å². The number of hydrogen-bond donors (Lipinski definition) is 1. The molecule has 2 aromatic rings. The Morgan fingerprint density at radius 1 is 1.16 bits per heavy atom. The first-order valence-corrected chi connectivity index (χ1v) is 7.89. The van der Waals surface area contributed by atoms with Gasteiger partial charge >= 0.3 is 11.7 Å². The number of fused-ring (bicyclic) bond motifs is 1. The van der Waals surface area contributed by atoms with Gasteiger partial charge in [-0.2, -0.15) is 0 Å². The first kappa shape index (κ1) is 16.9. The fourth-order valence-corrected chi connectivity index (χ4v) is 3.09. The molecule has 132 valence electrons. The molecule has 9 heteroatoms. The van der Waals surface area contributed by atoms with Crippen molar-refractivity contribution in [2.45, 2.75) is 12.8 Å². The van der Waals surface area contributed by atoms with E-state index in [2.05, 4.69) is 4.98 Å². The van der Waals surface area contributed by atoms with Crippen LogP contribution in [0.3, 0.4) is 0 Å². The Balaban J connectivity index is 1.95. The maximum Gasteiger partial charge on any atom is 0.332 e. The van der Waals surface area contributed by atoms with E-state index in [-0.39, 0.29) is 22.5 Å². The zero-order valence-corrected chi connectivity index (χ0v) is 13.9. The van der Waals surface area contributed by atoms with Crippen LogP contribution < -0.4 is 11.2 Å². The van der Waals surface area contributed by atoms with Gasteiger partial charge in [0.2, 0.25) is 0 Å². The number of carboxylic acid groups (broad SMARTS) is 1. The van der Waals surface area contributed by atoms with Crippen LogP contribution in [0.2, 0.25) is 0 Å². The number of piperidine rings is 1. The highest BCUT2D eigenvalue weighted by Crippen LogP contribution is 2.19. The van der Waals surface area contributed by atoms with Crippen molar-refractivity contribution < 1.29 is 14.7 Å². The van der Waals surface area contributed by atoms with Gasteiger partial charge in [0.15, 0.2) is 0 Å². The van der Waals surface area contributed by atoms with Crippen LogP contribution in [0.25, 0.3) is 11.0 Å². The standard InChI is InChI=1S/C16H18N4O5/c1-18-12-11(14(22)19(2)16(18)25)7-10(8-17-12)13(21)20-5-3-9(4-6-20)15(23)24/h7-9H,3-6H2,1-2H3,(H,23,24). The number of pyridine rings is 1. The number of carbonyl (C=O) groups excluding carboxylic acids is 1. The van der Waals surface area contributed by atoms with E-state index in [4.69, 9.17) is 5.11 Å². The fraction of sp³-hybridized carbons (Fsp3) is 0.438. The summed E-state index contributed by atoms with van der Waals surface area (Å²) in [4.78, 5) is 53.5. The van der Waals surface area contributed by atoms with Crippen LogP contribution >= 0.6 is 0 Å². The molecule has 0 unspecified atom stereocenters. The summed E-state index contributed by atoms with van der Waals surface area (Å²) in [6.07, 6.45) is 2.14. The van der Waals surface area contributed by atoms with Gasteiger partial charge in [0.1, 0.15) is 5.65 Å². The van der Waals surface area contributed by atoms with Gasteiger partial charge in [-0.15, -0.1) is 0 Å². The lowest BCUT2D eigenvalue weighted by Gasteiger charge is -2.30. The average Bonchev–Trinajstić information content (AvgIpc) is 2.63. The summed E-state index contributed by atoms with van der Waals surface area (Å²) in [5, 5.41) is 9.22. The van der Waals surface area contributed by atoms with Crippen molar-refractivity contribution >= 4 is 22.9 Å². The average molecular weight is 346 g/mol. The number of rotatable bonds is 2. The second kappa shape index (κ2) is 6.15. The molecule has 1 saturated heterocycles. The highest BCUT2D eigenvalue weighted by molar-refractivity contribution is 5.96. The van der Waals surface area contributed by atoms with E-state index in [0.717, 1.165) is 4.57 Å². The number of amides is 1. The number of aryl methyl sites for hydroxylation is 1. The Hall–Kier alpha value is -2.97. The Labute approximate surface area is 142 Å². The van der Waals surface area contributed by atoms with Crippen LogP contribution in [0, 0.1) is 5.92 Å². The van der Waals surface area contributed by atoms with Gasteiger partial charge in [0, 0.05) is 33.4 Å². The zero-order valence-electron chi connectivity index (χ0n) is 13.9. The Morgan fingerprint density at radius 2 is 1.80 bits per heavy atom. The van der Waals surface area contributed by atoms with Crippen LogP contribution in [0.1, 0.15) is 23.2 Å². The van der Waals surface area contributed by atoms with Gasteiger partial charge < -0.3 is 10.0 Å². The van der Waals surface area contributed by atoms with E-state index in [1.54, 1.807) is 4.90 Å². The molecule has 3 rings (SSSR count). The van der Waals surface area contributed by atoms with Gasteiger partial charge in [0.05, 0.1) is 16.9 Å². The minimum Gasteiger partial charge on any atom is -0.481 e. The molecule has 1 amide bonds. The summed E-state index contributed by atoms with van der Waals surface area (Å²) in [5.41, 5.74) is -0.532. The molecule has 0 spiro atoms. The number of carbonyl (C=O) groups is 2. The summed E-state index contributed by atoms with van der Waals surface area (Å²) in [6, 6.07) is 1.44. The Morgan fingerprint density at radius 3 is 2.40 bits per heavy atom. The molecule has 1 fully saturated rings. The lowest BCUT2D eigenvalue weighted by atomic mass is 9.96. The second-order valence-corrected chi connectivity index (χ2v) is 6.21. The van der Waals surface area contributed by atoms with Crippen molar-refractivity contribution in [2.75, 3.05) is 13.1 Å². The van der Waals surface area contributed by atoms with Crippen LogP contribution in [0.5, 0.6) is 0 Å². The van der Waals surface area contributed by atoms with Gasteiger partial charge in [-0.25, -0.2) is 9.78 Å². The lowest BCUT2D eigenvalue weighted by Crippen LogP contribution is -2.40. The molecule has 9 nitrogen and oxygen atoms in total. The second-order valence-electron chi connectivity index (χ2n) is 6.21. The molecule has 0 atom stereocenters. The molecular formula is C16H18N4O5. The van der Waals surface area contributed by atoms with Crippen molar-refractivity contribution in [3.63, 3.8) is 0 Å². The predicted octanol–water partition coefficient (Wildman–Crippen LogP) is -0.431. The third-order valence-corrected chi connectivity index (χ3v) is 4.67. The van der Waals surface area contributed by atoms with Crippen LogP contribution in [-0.4, -0.2) is 49.1 Å². The largest absolute Gasteiger partial charge is 0.481 e. The predicted molar refractivity (Wildman–Crippen MR) is 88.5 cm³/mol. The fourth-order valence-electron chi connectivity index (χ4n) is 3.09. The van der Waals surface area contributed by atoms with Crippen molar-refractivity contribution in [3.8, 4) is 0 Å². The smallest absolute Gasteiger partial charge is 0.332 e. The van der Waals surface area contributed by atoms with E-state index in [1.165, 1.54) is 30.9 Å². The third-order valence-electron chi connectivity index (χ3n) is 4.67. The van der Waals surface area contributed by atoms with E-state index in [1.807, 2.05) is 0 Å². The van der Waals surface area contributed by atoms with Gasteiger partial charge in [0.25, 0.3) is 11.5 Å². The summed E-state index contributed by atoms with van der Waals surface area (Å²) < 4.78 is 2.22. The molecule has 1 aliphatic heterocycles. The number of aromatic nitrogens is 3. The zero-order chi connectivity index (χ0) is 18.3. The van der Waals surface area contributed by atoms with Crippen molar-refractivity contribution in [2.24, 2.45) is 20.0 Å². The molecule has 0 bridgehead atoms. The van der Waals surface area contributed by atoms with Crippen LogP contribution in [-0.2, 0) is 18.9 Å².